The lowest BCUT2D eigenvalue weighted by Crippen LogP contribution is -2.49. The number of fused-ring (bicyclic) bond motifs is 1. The summed E-state index contributed by atoms with van der Waals surface area (Å²) in [6.07, 6.45) is 4.04. The molecule has 0 spiro atoms. The maximum atomic E-state index is 13.1. The van der Waals surface area contributed by atoms with Crippen molar-refractivity contribution >= 4 is 17.4 Å². The molecule has 1 amide bonds. The van der Waals surface area contributed by atoms with Gasteiger partial charge in [0, 0.05) is 63.0 Å². The van der Waals surface area contributed by atoms with Crippen LogP contribution in [0.5, 0.6) is 5.75 Å². The summed E-state index contributed by atoms with van der Waals surface area (Å²) >= 11 is 0. The smallest absolute Gasteiger partial charge is 0.269 e. The van der Waals surface area contributed by atoms with Gasteiger partial charge >= 0.3 is 0 Å². The van der Waals surface area contributed by atoms with E-state index in [1.165, 1.54) is 16.7 Å². The Labute approximate surface area is 243 Å². The van der Waals surface area contributed by atoms with Gasteiger partial charge in [-0.15, -0.1) is 0 Å². The molecule has 1 fully saturated rings. The molecule has 2 aromatic carbocycles. The van der Waals surface area contributed by atoms with E-state index in [4.69, 9.17) is 10.00 Å². The molecule has 10 heteroatoms. The number of hydrogen-bond acceptors (Lipinski definition) is 8. The summed E-state index contributed by atoms with van der Waals surface area (Å²) in [6.45, 7) is 6.40. The highest BCUT2D eigenvalue weighted by molar-refractivity contribution is 5.94. The molecule has 0 bridgehead atoms. The first-order chi connectivity index (χ1) is 20.5. The van der Waals surface area contributed by atoms with E-state index in [-0.39, 0.29) is 11.5 Å². The van der Waals surface area contributed by atoms with Crippen LogP contribution >= 0.6 is 0 Å². The van der Waals surface area contributed by atoms with Crippen molar-refractivity contribution in [3.63, 3.8) is 0 Å². The van der Waals surface area contributed by atoms with Gasteiger partial charge in [-0.05, 0) is 60.0 Å². The Morgan fingerprint density at radius 3 is 2.55 bits per heavy atom. The average Bonchev–Trinajstić information content (AvgIpc) is 3.48. The van der Waals surface area contributed by atoms with Gasteiger partial charge in [0.15, 0.2) is 0 Å². The number of pyridine rings is 1. The van der Waals surface area contributed by atoms with Gasteiger partial charge in [-0.2, -0.15) is 10.4 Å². The van der Waals surface area contributed by atoms with Crippen LogP contribution in [-0.4, -0.2) is 58.8 Å². The molecule has 0 radical (unpaired) electrons. The number of carbonyl (C=O) groups is 1. The molecular formula is C32H31N7O3. The molecule has 212 valence electrons. The molecule has 42 heavy (non-hydrogen) atoms. The van der Waals surface area contributed by atoms with Crippen molar-refractivity contribution in [3.05, 3.63) is 111 Å². The Bertz CT molecular complexity index is 1690. The third-order valence-electron chi connectivity index (χ3n) is 8.01. The normalized spacial score (nSPS) is 14.4. The number of ether oxygens (including phenoxy) is 1. The van der Waals surface area contributed by atoms with Crippen LogP contribution in [0.2, 0.25) is 0 Å². The summed E-state index contributed by atoms with van der Waals surface area (Å²) in [5.74, 6) is 1.55. The summed E-state index contributed by atoms with van der Waals surface area (Å²) in [4.78, 5) is 35.7. The monoisotopic (exact) mass is 561 g/mol. The molecule has 0 atom stereocenters. The van der Waals surface area contributed by atoms with Gasteiger partial charge in [0.05, 0.1) is 24.1 Å². The predicted octanol–water partition coefficient (Wildman–Crippen LogP) is 3.45. The van der Waals surface area contributed by atoms with Crippen LogP contribution in [0.1, 0.15) is 38.2 Å². The van der Waals surface area contributed by atoms with E-state index in [1.807, 2.05) is 42.2 Å². The topological polar surface area (TPSA) is 118 Å². The Balaban J connectivity index is 1.01. The maximum Gasteiger partial charge on any atom is 0.269 e. The lowest BCUT2D eigenvalue weighted by Gasteiger charge is -2.35. The van der Waals surface area contributed by atoms with Gasteiger partial charge in [-0.25, -0.2) is 10.1 Å². The molecule has 2 aromatic heterocycles. The van der Waals surface area contributed by atoms with E-state index in [1.54, 1.807) is 18.5 Å². The molecule has 4 heterocycles. The van der Waals surface area contributed by atoms with Gasteiger partial charge in [0.2, 0.25) is 0 Å². The summed E-state index contributed by atoms with van der Waals surface area (Å²) < 4.78 is 6.05. The van der Waals surface area contributed by atoms with Crippen LogP contribution in [0, 0.1) is 18.3 Å². The average molecular weight is 562 g/mol. The minimum atomic E-state index is -0.162. The lowest BCUT2D eigenvalue weighted by molar-refractivity contribution is 0.0746. The SMILES string of the molecule is Cc1c(N2Cc3cccc(CCOc4ccc(C(=O)N5CCN(c6ccc(C#N)cn6)CC5)cc4)c3C2)cn[nH]c1=O. The van der Waals surface area contributed by atoms with Crippen molar-refractivity contribution in [1.82, 2.24) is 20.1 Å². The van der Waals surface area contributed by atoms with Crippen molar-refractivity contribution in [2.45, 2.75) is 26.4 Å². The third-order valence-corrected chi connectivity index (χ3v) is 8.01. The number of H-pyrrole nitrogens is 1. The van der Waals surface area contributed by atoms with Crippen molar-refractivity contribution in [2.24, 2.45) is 0 Å². The van der Waals surface area contributed by atoms with Crippen LogP contribution in [-0.2, 0) is 19.5 Å². The fraction of sp³-hybridized carbons (Fsp3) is 0.281. The summed E-state index contributed by atoms with van der Waals surface area (Å²) in [5.41, 5.74) is 6.30. The van der Waals surface area contributed by atoms with Gasteiger partial charge in [0.25, 0.3) is 11.5 Å². The van der Waals surface area contributed by atoms with E-state index in [9.17, 15) is 9.59 Å². The van der Waals surface area contributed by atoms with E-state index < -0.39 is 0 Å². The largest absolute Gasteiger partial charge is 0.493 e. The molecule has 2 aliphatic heterocycles. The standard InChI is InChI=1S/C32H31N7O3/c1-22-29(19-35-36-31(22)40)39-20-26-4-2-3-24(28(26)21-39)11-16-42-27-8-6-25(7-9-27)32(41)38-14-12-37(13-15-38)30-10-5-23(17-33)18-34-30/h2-10,18-19H,11-16,20-21H2,1H3,(H,36,40). The number of rotatable bonds is 7. The number of amides is 1. The Morgan fingerprint density at radius 1 is 1.00 bits per heavy atom. The Morgan fingerprint density at radius 2 is 1.81 bits per heavy atom. The summed E-state index contributed by atoms with van der Waals surface area (Å²) in [6, 6.07) is 19.4. The highest BCUT2D eigenvalue weighted by Gasteiger charge is 2.25. The maximum absolute atomic E-state index is 13.1. The van der Waals surface area contributed by atoms with Crippen molar-refractivity contribution in [1.29, 1.82) is 5.26 Å². The number of carbonyl (C=O) groups excluding carboxylic acids is 1. The molecule has 4 aromatic rings. The van der Waals surface area contributed by atoms with Crippen LogP contribution in [0.3, 0.4) is 0 Å². The zero-order chi connectivity index (χ0) is 29.1. The van der Waals surface area contributed by atoms with Crippen LogP contribution in [0.4, 0.5) is 11.5 Å². The number of anilines is 2. The molecule has 1 N–H and O–H groups in total. The van der Waals surface area contributed by atoms with E-state index in [0.29, 0.717) is 49.5 Å². The number of piperazine rings is 1. The fourth-order valence-electron chi connectivity index (χ4n) is 5.60. The second-order valence-corrected chi connectivity index (χ2v) is 10.5. The van der Waals surface area contributed by atoms with E-state index in [0.717, 1.165) is 36.8 Å². The number of nitriles is 1. The molecule has 0 saturated carbocycles. The number of aromatic nitrogens is 3. The molecular weight excluding hydrogens is 530 g/mol. The summed E-state index contributed by atoms with van der Waals surface area (Å²) in [5, 5.41) is 15.4. The summed E-state index contributed by atoms with van der Waals surface area (Å²) in [7, 11) is 0. The van der Waals surface area contributed by atoms with E-state index >= 15 is 0 Å². The first-order valence-corrected chi connectivity index (χ1v) is 14.0. The quantitative estimate of drug-likeness (QED) is 0.365. The van der Waals surface area contributed by atoms with Gasteiger partial charge in [-0.3, -0.25) is 9.59 Å². The Hall–Kier alpha value is -5.17. The molecule has 1 saturated heterocycles. The minimum absolute atomic E-state index is 0.00392. The van der Waals surface area contributed by atoms with Gasteiger partial charge < -0.3 is 19.4 Å². The number of nitrogens with zero attached hydrogens (tertiary/aromatic N) is 6. The zero-order valence-corrected chi connectivity index (χ0v) is 23.4. The highest BCUT2D eigenvalue weighted by atomic mass is 16.5. The second kappa shape index (κ2) is 11.7. The molecule has 2 aliphatic rings. The van der Waals surface area contributed by atoms with Gasteiger partial charge in [0.1, 0.15) is 17.6 Å². The van der Waals surface area contributed by atoms with Crippen LogP contribution < -0.4 is 20.1 Å². The zero-order valence-electron chi connectivity index (χ0n) is 23.4. The van der Waals surface area contributed by atoms with E-state index in [2.05, 4.69) is 49.2 Å². The molecule has 10 nitrogen and oxygen atoms in total. The van der Waals surface area contributed by atoms with Crippen LogP contribution in [0.25, 0.3) is 0 Å². The minimum Gasteiger partial charge on any atom is -0.493 e. The number of hydrogen-bond donors (Lipinski definition) is 1. The first-order valence-electron chi connectivity index (χ1n) is 14.0. The van der Waals surface area contributed by atoms with Crippen LogP contribution in [0.15, 0.2) is 71.8 Å². The number of aromatic amines is 1. The first kappa shape index (κ1) is 27.0. The van der Waals surface area contributed by atoms with Crippen molar-refractivity contribution < 1.29 is 9.53 Å². The highest BCUT2D eigenvalue weighted by Crippen LogP contribution is 2.31. The predicted molar refractivity (Wildman–Crippen MR) is 159 cm³/mol. The number of benzene rings is 2. The third kappa shape index (κ3) is 5.54. The molecule has 0 unspecified atom stereocenters. The lowest BCUT2D eigenvalue weighted by atomic mass is 10.0. The molecule has 6 rings (SSSR count). The van der Waals surface area contributed by atoms with Gasteiger partial charge in [-0.1, -0.05) is 18.2 Å². The molecule has 0 aliphatic carbocycles. The van der Waals surface area contributed by atoms with Crippen molar-refractivity contribution in [2.75, 3.05) is 42.6 Å². The van der Waals surface area contributed by atoms with Crippen molar-refractivity contribution in [3.8, 4) is 11.8 Å². The number of nitrogens with one attached hydrogen (secondary N) is 1. The second-order valence-electron chi connectivity index (χ2n) is 10.5. The fourth-order valence-corrected chi connectivity index (χ4v) is 5.60. The Kier molecular flexibility index (Phi) is 7.56.